The molecular weight excluding hydrogens is 280 g/mol. The fraction of sp³-hybridized carbons (Fsp3) is 0.0769. The van der Waals surface area contributed by atoms with Gasteiger partial charge in [-0.15, -0.1) is 0 Å². The number of pyridine rings is 1. The molecule has 0 fully saturated rings. The van der Waals surface area contributed by atoms with Gasteiger partial charge in [-0.1, -0.05) is 0 Å². The van der Waals surface area contributed by atoms with Crippen LogP contribution in [0.4, 0.5) is 5.69 Å². The number of carbonyl (C=O) groups is 1. The standard InChI is InChI=1S/C13H10N2O6/c1-20-9-3-5-12(14-7-9)21-8-2-4-11(15(18)19)10(6-8)13(16)17/h2-7H,1H3,(H,16,17). The summed E-state index contributed by atoms with van der Waals surface area (Å²) in [6, 6.07) is 6.59. The molecule has 0 spiro atoms. The zero-order valence-corrected chi connectivity index (χ0v) is 10.8. The van der Waals surface area contributed by atoms with Crippen LogP contribution in [0.2, 0.25) is 0 Å². The lowest BCUT2D eigenvalue weighted by atomic mass is 10.1. The van der Waals surface area contributed by atoms with Crippen molar-refractivity contribution in [3.8, 4) is 17.4 Å². The molecule has 0 bridgehead atoms. The number of carboxylic acids is 1. The molecule has 1 aromatic carbocycles. The fourth-order valence-electron chi connectivity index (χ4n) is 1.58. The molecular formula is C13H10N2O6. The van der Waals surface area contributed by atoms with Crippen molar-refractivity contribution in [3.63, 3.8) is 0 Å². The number of nitro benzene ring substituents is 1. The van der Waals surface area contributed by atoms with E-state index in [1.54, 1.807) is 6.07 Å². The van der Waals surface area contributed by atoms with Crippen LogP contribution in [0, 0.1) is 10.1 Å². The summed E-state index contributed by atoms with van der Waals surface area (Å²) in [6.07, 6.45) is 1.43. The van der Waals surface area contributed by atoms with E-state index in [2.05, 4.69) is 4.98 Å². The van der Waals surface area contributed by atoms with Crippen molar-refractivity contribution < 1.29 is 24.3 Å². The maximum Gasteiger partial charge on any atom is 0.342 e. The monoisotopic (exact) mass is 290 g/mol. The molecule has 108 valence electrons. The predicted octanol–water partition coefficient (Wildman–Crippen LogP) is 2.49. The molecule has 2 rings (SSSR count). The zero-order valence-electron chi connectivity index (χ0n) is 10.8. The van der Waals surface area contributed by atoms with Crippen LogP contribution >= 0.6 is 0 Å². The van der Waals surface area contributed by atoms with E-state index in [0.717, 1.165) is 12.1 Å². The molecule has 0 unspecified atom stereocenters. The Morgan fingerprint density at radius 2 is 2.00 bits per heavy atom. The van der Waals surface area contributed by atoms with E-state index < -0.39 is 22.1 Å². The fourth-order valence-corrected chi connectivity index (χ4v) is 1.58. The molecule has 8 nitrogen and oxygen atoms in total. The number of aromatic nitrogens is 1. The van der Waals surface area contributed by atoms with E-state index in [9.17, 15) is 14.9 Å². The molecule has 0 amide bonds. The molecule has 1 heterocycles. The van der Waals surface area contributed by atoms with Crippen LogP contribution in [0.1, 0.15) is 10.4 Å². The van der Waals surface area contributed by atoms with Crippen molar-refractivity contribution in [2.45, 2.75) is 0 Å². The first-order valence-corrected chi connectivity index (χ1v) is 5.71. The Labute approximate surface area is 118 Å². The van der Waals surface area contributed by atoms with Gasteiger partial charge in [-0.05, 0) is 12.1 Å². The van der Waals surface area contributed by atoms with E-state index in [1.807, 2.05) is 0 Å². The van der Waals surface area contributed by atoms with Gasteiger partial charge in [0.05, 0.1) is 18.2 Å². The van der Waals surface area contributed by atoms with Crippen LogP contribution in [0.3, 0.4) is 0 Å². The quantitative estimate of drug-likeness (QED) is 0.664. The Balaban J connectivity index is 2.29. The maximum absolute atomic E-state index is 11.0. The van der Waals surface area contributed by atoms with Crippen LogP contribution in [0.5, 0.6) is 17.4 Å². The van der Waals surface area contributed by atoms with Crippen LogP contribution < -0.4 is 9.47 Å². The molecule has 0 radical (unpaired) electrons. The van der Waals surface area contributed by atoms with E-state index >= 15 is 0 Å². The smallest absolute Gasteiger partial charge is 0.342 e. The third-order valence-electron chi connectivity index (χ3n) is 2.56. The number of aromatic carboxylic acids is 1. The number of nitro groups is 1. The van der Waals surface area contributed by atoms with E-state index in [0.29, 0.717) is 5.75 Å². The van der Waals surface area contributed by atoms with Crippen molar-refractivity contribution in [1.82, 2.24) is 4.98 Å². The maximum atomic E-state index is 11.0. The second-order valence-electron chi connectivity index (χ2n) is 3.88. The average molecular weight is 290 g/mol. The molecule has 8 heteroatoms. The summed E-state index contributed by atoms with van der Waals surface area (Å²) >= 11 is 0. The normalized spacial score (nSPS) is 9.95. The van der Waals surface area contributed by atoms with Crippen molar-refractivity contribution >= 4 is 11.7 Å². The van der Waals surface area contributed by atoms with Gasteiger partial charge in [0, 0.05) is 18.2 Å². The predicted molar refractivity (Wildman–Crippen MR) is 70.9 cm³/mol. The summed E-state index contributed by atoms with van der Waals surface area (Å²) in [5.74, 6) is -0.524. The van der Waals surface area contributed by atoms with Gasteiger partial charge in [0.1, 0.15) is 17.1 Å². The van der Waals surface area contributed by atoms with Gasteiger partial charge in [0.15, 0.2) is 0 Å². The van der Waals surface area contributed by atoms with Crippen molar-refractivity contribution in [3.05, 3.63) is 52.2 Å². The number of carboxylic acid groups (broad SMARTS) is 1. The highest BCUT2D eigenvalue weighted by atomic mass is 16.6. The lowest BCUT2D eigenvalue weighted by Crippen LogP contribution is -2.03. The Hall–Kier alpha value is -3.16. The Kier molecular flexibility index (Phi) is 3.98. The summed E-state index contributed by atoms with van der Waals surface area (Å²) < 4.78 is 10.3. The van der Waals surface area contributed by atoms with Gasteiger partial charge in [-0.25, -0.2) is 9.78 Å². The van der Waals surface area contributed by atoms with Crippen molar-refractivity contribution in [2.75, 3.05) is 7.11 Å². The van der Waals surface area contributed by atoms with Gasteiger partial charge >= 0.3 is 5.97 Å². The summed E-state index contributed by atoms with van der Waals surface area (Å²) in [6.45, 7) is 0. The summed E-state index contributed by atoms with van der Waals surface area (Å²) in [5, 5.41) is 19.7. The second-order valence-corrected chi connectivity index (χ2v) is 3.88. The number of methoxy groups -OCH3 is 1. The molecule has 0 aliphatic carbocycles. The highest BCUT2D eigenvalue weighted by Crippen LogP contribution is 2.27. The van der Waals surface area contributed by atoms with Gasteiger partial charge in [0.25, 0.3) is 5.69 Å². The van der Waals surface area contributed by atoms with Crippen LogP contribution in [-0.4, -0.2) is 28.1 Å². The lowest BCUT2D eigenvalue weighted by molar-refractivity contribution is -0.385. The van der Waals surface area contributed by atoms with Crippen molar-refractivity contribution in [2.24, 2.45) is 0 Å². The van der Waals surface area contributed by atoms with Crippen LogP contribution in [0.15, 0.2) is 36.5 Å². The highest BCUT2D eigenvalue weighted by molar-refractivity contribution is 5.92. The molecule has 0 aliphatic heterocycles. The zero-order chi connectivity index (χ0) is 15.4. The number of nitrogens with zero attached hydrogens (tertiary/aromatic N) is 2. The van der Waals surface area contributed by atoms with E-state index in [4.69, 9.17) is 14.6 Å². The van der Waals surface area contributed by atoms with Crippen LogP contribution in [0.25, 0.3) is 0 Å². The first-order valence-electron chi connectivity index (χ1n) is 5.71. The molecule has 1 aromatic heterocycles. The highest BCUT2D eigenvalue weighted by Gasteiger charge is 2.20. The second kappa shape index (κ2) is 5.87. The summed E-state index contributed by atoms with van der Waals surface area (Å²) in [4.78, 5) is 24.9. The Morgan fingerprint density at radius 1 is 1.29 bits per heavy atom. The third kappa shape index (κ3) is 3.24. The van der Waals surface area contributed by atoms with Gasteiger partial charge in [-0.3, -0.25) is 10.1 Å². The number of benzene rings is 1. The molecule has 0 atom stereocenters. The summed E-state index contributed by atoms with van der Waals surface area (Å²) in [5.41, 5.74) is -0.955. The first kappa shape index (κ1) is 14.3. The molecule has 21 heavy (non-hydrogen) atoms. The Bertz CT molecular complexity index is 684. The minimum Gasteiger partial charge on any atom is -0.495 e. The summed E-state index contributed by atoms with van der Waals surface area (Å²) in [7, 11) is 1.49. The van der Waals surface area contributed by atoms with Gasteiger partial charge < -0.3 is 14.6 Å². The number of hydrogen-bond donors (Lipinski definition) is 1. The minimum absolute atomic E-state index is 0.135. The topological polar surface area (TPSA) is 112 Å². The molecule has 2 aromatic rings. The first-order chi connectivity index (χ1) is 10.0. The Morgan fingerprint density at radius 3 is 2.52 bits per heavy atom. The molecule has 0 aliphatic rings. The average Bonchev–Trinajstić information content (AvgIpc) is 2.47. The van der Waals surface area contributed by atoms with Crippen LogP contribution in [-0.2, 0) is 0 Å². The molecule has 1 N–H and O–H groups in total. The number of ether oxygens (including phenoxy) is 2. The van der Waals surface area contributed by atoms with Gasteiger partial charge in [-0.2, -0.15) is 0 Å². The number of rotatable bonds is 5. The molecule has 0 saturated heterocycles. The number of hydrogen-bond acceptors (Lipinski definition) is 6. The lowest BCUT2D eigenvalue weighted by Gasteiger charge is -2.06. The SMILES string of the molecule is COc1ccc(Oc2ccc([N+](=O)[O-])c(C(=O)O)c2)nc1. The molecule has 0 saturated carbocycles. The van der Waals surface area contributed by atoms with Crippen molar-refractivity contribution in [1.29, 1.82) is 0 Å². The van der Waals surface area contributed by atoms with E-state index in [-0.39, 0.29) is 11.6 Å². The van der Waals surface area contributed by atoms with Gasteiger partial charge in [0.2, 0.25) is 5.88 Å². The third-order valence-corrected chi connectivity index (χ3v) is 2.56. The minimum atomic E-state index is -1.41. The van der Waals surface area contributed by atoms with E-state index in [1.165, 1.54) is 25.4 Å². The largest absolute Gasteiger partial charge is 0.495 e.